The minimum atomic E-state index is 0.807. The number of rotatable bonds is 2. The molecule has 0 fully saturated rings. The van der Waals surface area contributed by atoms with E-state index in [-0.39, 0.29) is 0 Å². The standard InChI is InChI=1S/C16H17N5S/c1-11-7-17-16(19-15(11)13-8-18-20(2)9-13)21-5-3-14-12(10-21)4-6-22-14/h4,6-9H,3,5,10H2,1-2H3. The van der Waals surface area contributed by atoms with Crippen LogP contribution in [0.2, 0.25) is 0 Å². The molecule has 112 valence electrons. The molecule has 3 aromatic heterocycles. The molecule has 1 aliphatic heterocycles. The Labute approximate surface area is 133 Å². The predicted octanol–water partition coefficient (Wildman–Crippen LogP) is 2.81. The molecule has 0 bridgehead atoms. The third kappa shape index (κ3) is 2.29. The van der Waals surface area contributed by atoms with Crippen LogP contribution in [0.5, 0.6) is 0 Å². The van der Waals surface area contributed by atoms with Gasteiger partial charge in [-0.2, -0.15) is 5.10 Å². The highest BCUT2D eigenvalue weighted by molar-refractivity contribution is 7.10. The first-order valence-electron chi connectivity index (χ1n) is 7.33. The van der Waals surface area contributed by atoms with Crippen molar-refractivity contribution in [3.05, 3.63) is 46.0 Å². The van der Waals surface area contributed by atoms with Crippen LogP contribution in [0.15, 0.2) is 30.0 Å². The molecule has 1 aliphatic rings. The molecule has 0 radical (unpaired) electrons. The summed E-state index contributed by atoms with van der Waals surface area (Å²) in [5.41, 5.74) is 4.49. The number of aromatic nitrogens is 4. The molecule has 0 atom stereocenters. The van der Waals surface area contributed by atoms with Gasteiger partial charge in [-0.1, -0.05) is 0 Å². The monoisotopic (exact) mass is 311 g/mol. The summed E-state index contributed by atoms with van der Waals surface area (Å²) in [7, 11) is 1.92. The lowest BCUT2D eigenvalue weighted by Gasteiger charge is -2.27. The summed E-state index contributed by atoms with van der Waals surface area (Å²) in [4.78, 5) is 13.1. The highest BCUT2D eigenvalue weighted by atomic mass is 32.1. The van der Waals surface area contributed by atoms with Crippen molar-refractivity contribution in [1.29, 1.82) is 0 Å². The first-order chi connectivity index (χ1) is 10.7. The van der Waals surface area contributed by atoms with E-state index in [2.05, 4.69) is 26.4 Å². The van der Waals surface area contributed by atoms with Crippen molar-refractivity contribution < 1.29 is 0 Å². The molecule has 0 spiro atoms. The fourth-order valence-corrected chi connectivity index (χ4v) is 3.73. The van der Waals surface area contributed by atoms with Crippen molar-refractivity contribution in [2.75, 3.05) is 11.4 Å². The van der Waals surface area contributed by atoms with Crippen molar-refractivity contribution in [3.63, 3.8) is 0 Å². The third-order valence-corrected chi connectivity index (χ3v) is 5.05. The van der Waals surface area contributed by atoms with Gasteiger partial charge >= 0.3 is 0 Å². The van der Waals surface area contributed by atoms with Gasteiger partial charge in [-0.25, -0.2) is 9.97 Å². The summed E-state index contributed by atoms with van der Waals surface area (Å²) in [5.74, 6) is 0.807. The summed E-state index contributed by atoms with van der Waals surface area (Å²) in [6.45, 7) is 3.91. The Morgan fingerprint density at radius 2 is 2.18 bits per heavy atom. The zero-order valence-electron chi connectivity index (χ0n) is 12.7. The smallest absolute Gasteiger partial charge is 0.226 e. The highest BCUT2D eigenvalue weighted by Gasteiger charge is 2.20. The van der Waals surface area contributed by atoms with Gasteiger partial charge in [0.05, 0.1) is 11.9 Å². The molecule has 0 unspecified atom stereocenters. The van der Waals surface area contributed by atoms with Gasteiger partial charge in [0.1, 0.15) is 0 Å². The summed E-state index contributed by atoms with van der Waals surface area (Å²) < 4.78 is 1.80. The molecule has 0 saturated carbocycles. The van der Waals surface area contributed by atoms with Crippen LogP contribution in [0.4, 0.5) is 5.95 Å². The lowest BCUT2D eigenvalue weighted by molar-refractivity contribution is 0.717. The Hall–Kier alpha value is -2.21. The Morgan fingerprint density at radius 1 is 1.27 bits per heavy atom. The number of nitrogens with zero attached hydrogens (tertiary/aromatic N) is 5. The zero-order chi connectivity index (χ0) is 15.1. The number of anilines is 1. The summed E-state index contributed by atoms with van der Waals surface area (Å²) in [6.07, 6.45) is 6.83. The normalized spacial score (nSPS) is 14.2. The lowest BCUT2D eigenvalue weighted by Crippen LogP contribution is -2.31. The minimum Gasteiger partial charge on any atom is -0.336 e. The second-order valence-electron chi connectivity index (χ2n) is 5.64. The van der Waals surface area contributed by atoms with Crippen LogP contribution in [-0.4, -0.2) is 26.3 Å². The second kappa shape index (κ2) is 5.21. The molecular formula is C16H17N5S. The number of thiophene rings is 1. The van der Waals surface area contributed by atoms with Crippen molar-refractivity contribution >= 4 is 17.3 Å². The SMILES string of the molecule is Cc1cnc(N2CCc3sccc3C2)nc1-c1cnn(C)c1. The van der Waals surface area contributed by atoms with E-state index >= 15 is 0 Å². The number of hydrogen-bond donors (Lipinski definition) is 0. The Morgan fingerprint density at radius 3 is 3.00 bits per heavy atom. The maximum Gasteiger partial charge on any atom is 0.226 e. The van der Waals surface area contributed by atoms with Crippen LogP contribution in [0.1, 0.15) is 16.0 Å². The first kappa shape index (κ1) is 13.5. The van der Waals surface area contributed by atoms with Gasteiger partial charge in [0.25, 0.3) is 0 Å². The quantitative estimate of drug-likeness (QED) is 0.730. The summed E-state index contributed by atoms with van der Waals surface area (Å²) in [5, 5.41) is 6.41. The maximum atomic E-state index is 4.80. The van der Waals surface area contributed by atoms with Crippen LogP contribution < -0.4 is 4.90 Å². The Kier molecular flexibility index (Phi) is 3.18. The molecule has 0 aliphatic carbocycles. The Balaban J connectivity index is 1.69. The van der Waals surface area contributed by atoms with Gasteiger partial charge in [0.15, 0.2) is 0 Å². The van der Waals surface area contributed by atoms with Crippen molar-refractivity contribution in [3.8, 4) is 11.3 Å². The van der Waals surface area contributed by atoms with Crippen molar-refractivity contribution in [2.45, 2.75) is 19.9 Å². The minimum absolute atomic E-state index is 0.807. The topological polar surface area (TPSA) is 46.8 Å². The van der Waals surface area contributed by atoms with Crippen LogP contribution in [0.3, 0.4) is 0 Å². The fourth-order valence-electron chi connectivity index (χ4n) is 2.84. The number of fused-ring (bicyclic) bond motifs is 1. The van der Waals surface area contributed by atoms with Crippen LogP contribution in [0.25, 0.3) is 11.3 Å². The zero-order valence-corrected chi connectivity index (χ0v) is 13.5. The van der Waals surface area contributed by atoms with E-state index in [9.17, 15) is 0 Å². The molecule has 22 heavy (non-hydrogen) atoms. The first-order valence-corrected chi connectivity index (χ1v) is 8.21. The van der Waals surface area contributed by atoms with E-state index in [1.165, 1.54) is 10.4 Å². The molecule has 5 nitrogen and oxygen atoms in total. The second-order valence-corrected chi connectivity index (χ2v) is 6.65. The molecule has 0 saturated heterocycles. The van der Waals surface area contributed by atoms with E-state index < -0.39 is 0 Å². The molecule has 0 amide bonds. The van der Waals surface area contributed by atoms with Crippen LogP contribution in [0, 0.1) is 6.92 Å². The van der Waals surface area contributed by atoms with E-state index in [0.717, 1.165) is 42.3 Å². The number of aryl methyl sites for hydroxylation is 2. The third-order valence-electron chi connectivity index (χ3n) is 4.03. The largest absolute Gasteiger partial charge is 0.336 e. The molecule has 3 aromatic rings. The van der Waals surface area contributed by atoms with E-state index in [1.807, 2.05) is 43.9 Å². The highest BCUT2D eigenvalue weighted by Crippen LogP contribution is 2.28. The van der Waals surface area contributed by atoms with Crippen LogP contribution >= 0.6 is 11.3 Å². The molecule has 4 rings (SSSR count). The fraction of sp³-hybridized carbons (Fsp3) is 0.312. The summed E-state index contributed by atoms with van der Waals surface area (Å²) in [6, 6.07) is 2.21. The average Bonchev–Trinajstić information content (AvgIpc) is 3.15. The van der Waals surface area contributed by atoms with Gasteiger partial charge in [0.2, 0.25) is 5.95 Å². The van der Waals surface area contributed by atoms with Gasteiger partial charge in [-0.15, -0.1) is 11.3 Å². The number of hydrogen-bond acceptors (Lipinski definition) is 5. The summed E-state index contributed by atoms with van der Waals surface area (Å²) >= 11 is 1.85. The van der Waals surface area contributed by atoms with Gasteiger partial charge in [-0.3, -0.25) is 4.68 Å². The van der Waals surface area contributed by atoms with E-state index in [1.54, 1.807) is 4.68 Å². The average molecular weight is 311 g/mol. The molecular weight excluding hydrogens is 294 g/mol. The predicted molar refractivity (Wildman–Crippen MR) is 88.0 cm³/mol. The van der Waals surface area contributed by atoms with E-state index in [4.69, 9.17) is 4.98 Å². The molecule has 0 N–H and O–H groups in total. The Bertz CT molecular complexity index is 820. The molecule has 4 heterocycles. The molecule has 6 heteroatoms. The maximum absolute atomic E-state index is 4.80. The van der Waals surface area contributed by atoms with Gasteiger partial charge in [-0.05, 0) is 35.9 Å². The molecule has 0 aromatic carbocycles. The lowest BCUT2D eigenvalue weighted by atomic mass is 10.1. The van der Waals surface area contributed by atoms with Crippen LogP contribution in [-0.2, 0) is 20.0 Å². The van der Waals surface area contributed by atoms with Crippen molar-refractivity contribution in [1.82, 2.24) is 19.7 Å². The van der Waals surface area contributed by atoms with Gasteiger partial charge < -0.3 is 4.90 Å². The van der Waals surface area contributed by atoms with E-state index in [0.29, 0.717) is 0 Å². The van der Waals surface area contributed by atoms with Crippen molar-refractivity contribution in [2.24, 2.45) is 7.05 Å². The van der Waals surface area contributed by atoms with Gasteiger partial charge in [0, 0.05) is 43.0 Å².